The van der Waals surface area contributed by atoms with E-state index >= 15 is 0 Å². The van der Waals surface area contributed by atoms with E-state index in [-0.39, 0.29) is 19.8 Å². The minimum Gasteiger partial charge on any atom is -0.491 e. The summed E-state index contributed by atoms with van der Waals surface area (Å²) < 4.78 is 16.3. The van der Waals surface area contributed by atoms with Gasteiger partial charge in [0.15, 0.2) is 0 Å². The number of nitrogens with zero attached hydrogens (tertiary/aromatic N) is 1. The summed E-state index contributed by atoms with van der Waals surface area (Å²) in [6.45, 7) is 5.49. The molecule has 0 heterocycles. The van der Waals surface area contributed by atoms with Gasteiger partial charge in [0.2, 0.25) is 0 Å². The van der Waals surface area contributed by atoms with E-state index in [9.17, 15) is 14.4 Å². The quantitative estimate of drug-likeness (QED) is 0.431. The molecule has 190 valence electrons. The molecule has 2 rings (SSSR count). The Morgan fingerprint density at radius 1 is 1.00 bits per heavy atom. The minimum atomic E-state index is -1.13. The third-order valence-electron chi connectivity index (χ3n) is 4.67. The van der Waals surface area contributed by atoms with Gasteiger partial charge in [-0.3, -0.25) is 9.69 Å². The smallest absolute Gasteiger partial charge is 0.410 e. The van der Waals surface area contributed by atoms with Crippen LogP contribution >= 0.6 is 0 Å². The predicted molar refractivity (Wildman–Crippen MR) is 130 cm³/mol. The van der Waals surface area contributed by atoms with Crippen LogP contribution in [-0.2, 0) is 27.3 Å². The Bertz CT molecular complexity index is 958. The zero-order valence-corrected chi connectivity index (χ0v) is 20.5. The molecule has 9 heteroatoms. The van der Waals surface area contributed by atoms with Gasteiger partial charge < -0.3 is 24.6 Å². The number of nitrogens with one attached hydrogen (secondary N) is 1. The molecule has 2 aromatic carbocycles. The molecule has 0 aromatic heterocycles. The van der Waals surface area contributed by atoms with Gasteiger partial charge in [-0.15, -0.1) is 0 Å². The molecule has 0 aliphatic rings. The highest BCUT2D eigenvalue weighted by molar-refractivity contribution is 5.76. The molecule has 0 saturated heterocycles. The van der Waals surface area contributed by atoms with Crippen LogP contribution in [0.25, 0.3) is 0 Å². The maximum atomic E-state index is 12.3. The van der Waals surface area contributed by atoms with Crippen LogP contribution in [0.2, 0.25) is 0 Å². The van der Waals surface area contributed by atoms with Gasteiger partial charge in [-0.05, 0) is 50.8 Å². The van der Waals surface area contributed by atoms with Gasteiger partial charge in [0.25, 0.3) is 0 Å². The van der Waals surface area contributed by atoms with Crippen molar-refractivity contribution in [1.29, 1.82) is 0 Å². The van der Waals surface area contributed by atoms with Crippen molar-refractivity contribution in [3.05, 3.63) is 65.7 Å². The molecule has 2 aromatic rings. The predicted octanol–water partition coefficient (Wildman–Crippen LogP) is 4.25. The first-order valence-electron chi connectivity index (χ1n) is 11.5. The molecule has 9 nitrogen and oxygen atoms in total. The fraction of sp³-hybridized carbons (Fsp3) is 0.423. The molecule has 0 radical (unpaired) electrons. The molecule has 0 spiro atoms. The van der Waals surface area contributed by atoms with Crippen LogP contribution in [0.4, 0.5) is 9.59 Å². The Kier molecular flexibility index (Phi) is 10.9. The maximum Gasteiger partial charge on any atom is 0.410 e. The summed E-state index contributed by atoms with van der Waals surface area (Å²) in [5.74, 6) is -0.496. The largest absolute Gasteiger partial charge is 0.491 e. The number of ether oxygens (including phenoxy) is 3. The first-order valence-corrected chi connectivity index (χ1v) is 11.5. The van der Waals surface area contributed by atoms with E-state index in [1.165, 1.54) is 0 Å². The number of carboxylic acid groups (broad SMARTS) is 1. The number of para-hydroxylation sites is 1. The van der Waals surface area contributed by atoms with Crippen LogP contribution in [0, 0.1) is 0 Å². The molecular formula is C26H34N2O7. The lowest BCUT2D eigenvalue weighted by atomic mass is 10.1. The Hall–Kier alpha value is -3.75. The topological polar surface area (TPSA) is 114 Å². The van der Waals surface area contributed by atoms with Crippen LogP contribution in [0.15, 0.2) is 54.6 Å². The monoisotopic (exact) mass is 486 g/mol. The van der Waals surface area contributed by atoms with Crippen LogP contribution in [-0.4, -0.2) is 60.0 Å². The summed E-state index contributed by atoms with van der Waals surface area (Å²) in [5, 5.41) is 11.8. The molecule has 35 heavy (non-hydrogen) atoms. The summed E-state index contributed by atoms with van der Waals surface area (Å²) in [7, 11) is 0. The van der Waals surface area contributed by atoms with Crippen LogP contribution in [0.3, 0.4) is 0 Å². The van der Waals surface area contributed by atoms with Crippen molar-refractivity contribution < 1.29 is 33.7 Å². The molecule has 0 unspecified atom stereocenters. The number of rotatable bonds is 12. The van der Waals surface area contributed by atoms with Gasteiger partial charge >= 0.3 is 18.2 Å². The van der Waals surface area contributed by atoms with Crippen molar-refractivity contribution in [2.24, 2.45) is 0 Å². The molecule has 0 aliphatic heterocycles. The number of carbonyl (C=O) groups excluding carboxylic acids is 2. The summed E-state index contributed by atoms with van der Waals surface area (Å²) >= 11 is 0. The minimum absolute atomic E-state index is 0.0599. The third kappa shape index (κ3) is 11.3. The SMILES string of the molecule is CC(C)(C)OC(=O)N(CCOc1ccccc1CCCNC(=O)OCc1ccccc1)CC(=O)O. The van der Waals surface area contributed by atoms with Crippen molar-refractivity contribution >= 4 is 18.2 Å². The number of aliphatic carboxylic acids is 1. The molecule has 2 amide bonds. The standard InChI is InChI=1S/C26H34N2O7/c1-26(2,3)35-25(32)28(18-23(29)30)16-17-33-22-14-8-7-12-21(22)13-9-15-27-24(31)34-19-20-10-5-4-6-11-20/h4-8,10-12,14H,9,13,15-19H2,1-3H3,(H,27,31)(H,29,30). The van der Waals surface area contributed by atoms with Crippen LogP contribution in [0.1, 0.15) is 38.3 Å². The normalized spacial score (nSPS) is 10.8. The van der Waals surface area contributed by atoms with Gasteiger partial charge in [-0.2, -0.15) is 0 Å². The van der Waals surface area contributed by atoms with E-state index < -0.39 is 30.3 Å². The summed E-state index contributed by atoms with van der Waals surface area (Å²) in [5.41, 5.74) is 1.12. The van der Waals surface area contributed by atoms with Crippen molar-refractivity contribution in [2.75, 3.05) is 26.2 Å². The van der Waals surface area contributed by atoms with Gasteiger partial charge in [0.1, 0.15) is 31.1 Å². The second-order valence-electron chi connectivity index (χ2n) is 8.84. The lowest BCUT2D eigenvalue weighted by Gasteiger charge is -2.26. The van der Waals surface area contributed by atoms with E-state index in [1.807, 2.05) is 54.6 Å². The fourth-order valence-corrected chi connectivity index (χ4v) is 3.09. The first-order chi connectivity index (χ1) is 16.6. The Morgan fingerprint density at radius 2 is 1.69 bits per heavy atom. The Balaban J connectivity index is 1.78. The number of aryl methyl sites for hydroxylation is 1. The number of hydrogen-bond donors (Lipinski definition) is 2. The average molecular weight is 487 g/mol. The van der Waals surface area contributed by atoms with Crippen molar-refractivity contribution in [2.45, 2.75) is 45.8 Å². The maximum absolute atomic E-state index is 12.3. The lowest BCUT2D eigenvalue weighted by molar-refractivity contribution is -0.138. The molecule has 2 N–H and O–H groups in total. The number of benzene rings is 2. The summed E-state index contributed by atoms with van der Waals surface area (Å²) in [6, 6.07) is 16.9. The Morgan fingerprint density at radius 3 is 2.37 bits per heavy atom. The molecule has 0 aliphatic carbocycles. The van der Waals surface area contributed by atoms with E-state index in [1.54, 1.807) is 20.8 Å². The van der Waals surface area contributed by atoms with Gasteiger partial charge in [-0.1, -0.05) is 48.5 Å². The fourth-order valence-electron chi connectivity index (χ4n) is 3.09. The number of hydrogen-bond acceptors (Lipinski definition) is 6. The molecule has 0 fully saturated rings. The number of alkyl carbamates (subject to hydrolysis) is 1. The van der Waals surface area contributed by atoms with Crippen molar-refractivity contribution in [1.82, 2.24) is 10.2 Å². The molecular weight excluding hydrogens is 452 g/mol. The van der Waals surface area contributed by atoms with Crippen molar-refractivity contribution in [3.63, 3.8) is 0 Å². The summed E-state index contributed by atoms with van der Waals surface area (Å²) in [4.78, 5) is 36.4. The molecule has 0 bridgehead atoms. The average Bonchev–Trinajstić information content (AvgIpc) is 2.80. The second kappa shape index (κ2) is 13.8. The van der Waals surface area contributed by atoms with Crippen LogP contribution in [0.5, 0.6) is 5.75 Å². The molecule has 0 saturated carbocycles. The highest BCUT2D eigenvalue weighted by atomic mass is 16.6. The van der Waals surface area contributed by atoms with Gasteiger partial charge in [0, 0.05) is 6.54 Å². The van der Waals surface area contributed by atoms with Crippen molar-refractivity contribution in [3.8, 4) is 5.75 Å². The van der Waals surface area contributed by atoms with E-state index in [4.69, 9.17) is 19.3 Å². The van der Waals surface area contributed by atoms with Gasteiger partial charge in [0.05, 0.1) is 6.54 Å². The number of carboxylic acids is 1. The first kappa shape index (κ1) is 27.5. The zero-order valence-electron chi connectivity index (χ0n) is 20.5. The Labute approximate surface area is 206 Å². The third-order valence-corrected chi connectivity index (χ3v) is 4.67. The lowest BCUT2D eigenvalue weighted by Crippen LogP contribution is -2.41. The van der Waals surface area contributed by atoms with Gasteiger partial charge in [-0.25, -0.2) is 9.59 Å². The van der Waals surface area contributed by atoms with E-state index in [0.29, 0.717) is 25.1 Å². The summed E-state index contributed by atoms with van der Waals surface area (Å²) in [6.07, 6.45) is 0.144. The highest BCUT2D eigenvalue weighted by Crippen LogP contribution is 2.19. The van der Waals surface area contributed by atoms with E-state index in [2.05, 4.69) is 5.32 Å². The molecule has 0 atom stereocenters. The highest BCUT2D eigenvalue weighted by Gasteiger charge is 2.23. The number of amides is 2. The zero-order chi connectivity index (χ0) is 25.7. The van der Waals surface area contributed by atoms with E-state index in [0.717, 1.165) is 16.0 Å². The number of carbonyl (C=O) groups is 3. The van der Waals surface area contributed by atoms with Crippen LogP contribution < -0.4 is 10.1 Å². The second-order valence-corrected chi connectivity index (χ2v) is 8.84.